The van der Waals surface area contributed by atoms with Gasteiger partial charge in [0.2, 0.25) is 0 Å². The summed E-state index contributed by atoms with van der Waals surface area (Å²) >= 11 is 12.6. The van der Waals surface area contributed by atoms with E-state index in [9.17, 15) is 18.8 Å². The van der Waals surface area contributed by atoms with Crippen LogP contribution in [0.2, 0.25) is 10.0 Å². The van der Waals surface area contributed by atoms with Crippen LogP contribution < -0.4 is 5.73 Å². The van der Waals surface area contributed by atoms with Gasteiger partial charge in [-0.3, -0.25) is 9.48 Å². The number of rotatable bonds is 11. The number of anilines is 1. The van der Waals surface area contributed by atoms with Gasteiger partial charge in [-0.1, -0.05) is 30.1 Å². The van der Waals surface area contributed by atoms with Gasteiger partial charge in [0.15, 0.2) is 18.3 Å². The van der Waals surface area contributed by atoms with Crippen molar-refractivity contribution in [3.8, 4) is 11.1 Å². The molecule has 2 N–H and O–H groups in total. The summed E-state index contributed by atoms with van der Waals surface area (Å²) in [7, 11) is 1.35. The molecule has 1 fully saturated rings. The van der Waals surface area contributed by atoms with Gasteiger partial charge in [0.05, 0.1) is 17.3 Å². The van der Waals surface area contributed by atoms with Crippen molar-refractivity contribution in [3.05, 3.63) is 63.8 Å². The topological polar surface area (TPSA) is 139 Å². The highest BCUT2D eigenvalue weighted by atomic mass is 35.5. The van der Waals surface area contributed by atoms with Crippen LogP contribution in [0.25, 0.3) is 11.1 Å². The molecule has 0 bridgehead atoms. The van der Waals surface area contributed by atoms with Crippen molar-refractivity contribution in [2.45, 2.75) is 77.2 Å². The third-order valence-electron chi connectivity index (χ3n) is 8.14. The van der Waals surface area contributed by atoms with Crippen LogP contribution in [-0.2, 0) is 35.0 Å². The number of hydrogen-bond donors (Lipinski definition) is 1. The van der Waals surface area contributed by atoms with Crippen LogP contribution in [0.15, 0.2) is 36.8 Å². The van der Waals surface area contributed by atoms with Crippen molar-refractivity contribution in [1.29, 1.82) is 0 Å². The summed E-state index contributed by atoms with van der Waals surface area (Å²) in [5.41, 5.74) is 9.15. The highest BCUT2D eigenvalue weighted by Crippen LogP contribution is 2.36. The number of carbonyl (C=O) groups excluding carboxylic acids is 3. The highest BCUT2D eigenvalue weighted by Gasteiger charge is 2.31. The number of hydrogen-bond acceptors (Lipinski definition) is 9. The van der Waals surface area contributed by atoms with E-state index in [1.54, 1.807) is 17.3 Å². The molecule has 0 radical (unpaired) electrons. The van der Waals surface area contributed by atoms with Crippen molar-refractivity contribution in [2.75, 3.05) is 25.9 Å². The van der Waals surface area contributed by atoms with Crippen molar-refractivity contribution >= 4 is 46.9 Å². The number of methoxy groups -OCH3 is 1. The molecule has 3 heterocycles. The number of nitrogens with zero attached hydrogens (tertiary/aromatic N) is 4. The van der Waals surface area contributed by atoms with E-state index in [2.05, 4.69) is 10.1 Å². The van der Waals surface area contributed by atoms with Crippen molar-refractivity contribution in [1.82, 2.24) is 19.7 Å². The molecule has 3 aromatic rings. The second kappa shape index (κ2) is 15.2. The van der Waals surface area contributed by atoms with Gasteiger partial charge < -0.3 is 24.8 Å². The molecule has 1 aromatic carbocycles. The van der Waals surface area contributed by atoms with E-state index in [0.29, 0.717) is 48.8 Å². The fourth-order valence-electron chi connectivity index (χ4n) is 5.30. The lowest BCUT2D eigenvalue weighted by atomic mass is 9.92. The molecular formula is C32H38Cl2FN5O6. The minimum Gasteiger partial charge on any atom is -0.450 e. The Balaban J connectivity index is 1.34. The Labute approximate surface area is 277 Å². The van der Waals surface area contributed by atoms with Gasteiger partial charge in [-0.25, -0.2) is 19.0 Å². The summed E-state index contributed by atoms with van der Waals surface area (Å²) in [6.07, 6.45) is 4.05. The van der Waals surface area contributed by atoms with E-state index in [4.69, 9.17) is 43.1 Å². The molecule has 1 aliphatic heterocycles. The Hall–Kier alpha value is -3.74. The molecule has 248 valence electrons. The minimum absolute atomic E-state index is 0.00233. The second-order valence-electron chi connectivity index (χ2n) is 11.4. The summed E-state index contributed by atoms with van der Waals surface area (Å²) in [5, 5.41) is 4.96. The zero-order valence-electron chi connectivity index (χ0n) is 26.3. The molecular weight excluding hydrogens is 640 g/mol. The number of ether oxygens (including phenoxy) is 3. The molecule has 4 atom stereocenters. The number of halogens is 3. The number of piperidine rings is 1. The maximum absolute atomic E-state index is 14.1. The van der Waals surface area contributed by atoms with Crippen molar-refractivity contribution in [2.24, 2.45) is 0 Å². The SMILES string of the molecule is COC(C)C(=O)OC(C)C(=O)OC(C)C(=O)N1CCC(n2cc(-c3cnc(N)c(C[C@H](C)c4c(Cl)ccc(F)c4Cl)c3)cn2)CC1. The fraction of sp³-hybridized carbons (Fsp3) is 0.469. The number of amides is 1. The van der Waals surface area contributed by atoms with Crippen LogP contribution in [0.5, 0.6) is 0 Å². The number of aromatic nitrogens is 3. The zero-order chi connectivity index (χ0) is 33.7. The molecule has 4 rings (SSSR count). The number of likely N-dealkylation sites (tertiary alicyclic amines) is 1. The van der Waals surface area contributed by atoms with Crippen LogP contribution in [0.1, 0.15) is 63.6 Å². The highest BCUT2D eigenvalue weighted by molar-refractivity contribution is 6.36. The minimum atomic E-state index is -1.18. The first-order valence-electron chi connectivity index (χ1n) is 15.0. The van der Waals surface area contributed by atoms with Gasteiger partial charge in [0.25, 0.3) is 5.91 Å². The molecule has 1 aliphatic rings. The summed E-state index contributed by atoms with van der Waals surface area (Å²) in [6.45, 7) is 7.18. The fourth-order valence-corrected chi connectivity index (χ4v) is 6.04. The monoisotopic (exact) mass is 677 g/mol. The largest absolute Gasteiger partial charge is 0.450 e. The van der Waals surface area contributed by atoms with E-state index in [0.717, 1.165) is 16.7 Å². The van der Waals surface area contributed by atoms with Gasteiger partial charge in [-0.05, 0) is 75.3 Å². The molecule has 1 saturated heterocycles. The predicted octanol–water partition coefficient (Wildman–Crippen LogP) is 5.38. The Morgan fingerprint density at radius 2 is 1.65 bits per heavy atom. The van der Waals surface area contributed by atoms with E-state index < -0.39 is 36.1 Å². The molecule has 11 nitrogen and oxygen atoms in total. The lowest BCUT2D eigenvalue weighted by Crippen LogP contribution is -2.45. The first-order chi connectivity index (χ1) is 21.8. The maximum atomic E-state index is 14.1. The summed E-state index contributed by atoms with van der Waals surface area (Å²) < 4.78 is 31.2. The standard InChI is InChI=1S/C32H38Cl2FN5O6/c1-17(27-25(33)6-7-26(35)28(27)34)12-21-13-22(14-37-29(21)36)23-15-38-40(16-23)24-8-10-39(11-9-24)30(41)18(2)45-32(43)20(4)46-31(42)19(3)44-5/h6-7,13-20,24H,8-12H2,1-5H3,(H2,36,37)/t17-,18?,19?,20?/m0/s1. The molecule has 0 saturated carbocycles. The second-order valence-corrected chi connectivity index (χ2v) is 12.2. The first-order valence-corrected chi connectivity index (χ1v) is 15.7. The molecule has 0 aliphatic carbocycles. The van der Waals surface area contributed by atoms with E-state index >= 15 is 0 Å². The molecule has 3 unspecified atom stereocenters. The van der Waals surface area contributed by atoms with E-state index in [-0.39, 0.29) is 22.9 Å². The third kappa shape index (κ3) is 8.15. The Bertz CT molecular complexity index is 1580. The number of nitrogens with two attached hydrogens (primary N) is 1. The van der Waals surface area contributed by atoms with E-state index in [1.807, 2.05) is 23.9 Å². The van der Waals surface area contributed by atoms with Gasteiger partial charge in [-0.2, -0.15) is 5.10 Å². The predicted molar refractivity (Wildman–Crippen MR) is 171 cm³/mol. The van der Waals surface area contributed by atoms with Crippen LogP contribution in [-0.4, -0.2) is 76.0 Å². The van der Waals surface area contributed by atoms with Crippen molar-refractivity contribution in [3.63, 3.8) is 0 Å². The summed E-state index contributed by atoms with van der Waals surface area (Å²) in [6, 6.07) is 4.72. The zero-order valence-corrected chi connectivity index (χ0v) is 27.8. The lowest BCUT2D eigenvalue weighted by molar-refractivity contribution is -0.177. The van der Waals surface area contributed by atoms with Crippen LogP contribution in [0, 0.1) is 5.82 Å². The van der Waals surface area contributed by atoms with Crippen molar-refractivity contribution < 1.29 is 33.0 Å². The van der Waals surface area contributed by atoms with Crippen LogP contribution in [0.3, 0.4) is 0 Å². The molecule has 14 heteroatoms. The van der Waals surface area contributed by atoms with Crippen LogP contribution in [0.4, 0.5) is 10.2 Å². The number of benzene rings is 1. The van der Waals surface area contributed by atoms with Gasteiger partial charge >= 0.3 is 11.9 Å². The maximum Gasteiger partial charge on any atom is 0.347 e. The molecule has 0 spiro atoms. The number of nitrogen functional groups attached to an aromatic ring is 1. The number of carbonyl (C=O) groups is 3. The quantitative estimate of drug-likeness (QED) is 0.209. The average molecular weight is 679 g/mol. The average Bonchev–Trinajstić information content (AvgIpc) is 3.53. The molecule has 1 amide bonds. The number of pyridine rings is 1. The normalized spacial score (nSPS) is 16.4. The smallest absolute Gasteiger partial charge is 0.347 e. The first kappa shape index (κ1) is 35.1. The summed E-state index contributed by atoms with van der Waals surface area (Å²) in [5.74, 6) is -2.23. The van der Waals surface area contributed by atoms with Gasteiger partial charge in [-0.15, -0.1) is 0 Å². The molecule has 46 heavy (non-hydrogen) atoms. The Morgan fingerprint density at radius 1 is 1.00 bits per heavy atom. The summed E-state index contributed by atoms with van der Waals surface area (Å²) in [4.78, 5) is 43.3. The third-order valence-corrected chi connectivity index (χ3v) is 8.85. The van der Waals surface area contributed by atoms with Gasteiger partial charge in [0, 0.05) is 48.7 Å². The molecule has 2 aromatic heterocycles. The number of esters is 2. The Kier molecular flexibility index (Phi) is 11.6. The van der Waals surface area contributed by atoms with Crippen LogP contribution >= 0.6 is 23.2 Å². The van der Waals surface area contributed by atoms with E-state index in [1.165, 1.54) is 40.0 Å². The Morgan fingerprint density at radius 3 is 2.33 bits per heavy atom. The lowest BCUT2D eigenvalue weighted by Gasteiger charge is -2.33. The van der Waals surface area contributed by atoms with Gasteiger partial charge in [0.1, 0.15) is 11.6 Å².